The van der Waals surface area contributed by atoms with Gasteiger partial charge in [0.25, 0.3) is 5.91 Å². The molecule has 0 bridgehead atoms. The van der Waals surface area contributed by atoms with Crippen molar-refractivity contribution in [1.29, 1.82) is 0 Å². The molecule has 0 atom stereocenters. The summed E-state index contributed by atoms with van der Waals surface area (Å²) in [5.41, 5.74) is 7.23. The van der Waals surface area contributed by atoms with Crippen LogP contribution in [0.2, 0.25) is 0 Å². The molecule has 0 aliphatic heterocycles. The van der Waals surface area contributed by atoms with Crippen LogP contribution in [0.25, 0.3) is 11.0 Å². The smallest absolute Gasteiger partial charge is 0.305 e. The Morgan fingerprint density at radius 1 is 1.00 bits per heavy atom. The number of para-hydroxylation sites is 1. The number of hydrogen-bond donors (Lipinski definition) is 2. The van der Waals surface area contributed by atoms with E-state index >= 15 is 0 Å². The number of aryl methyl sites for hydroxylation is 2. The van der Waals surface area contributed by atoms with Crippen molar-refractivity contribution >= 4 is 22.8 Å². The van der Waals surface area contributed by atoms with Crippen LogP contribution in [0.4, 0.5) is 0 Å². The van der Waals surface area contributed by atoms with Crippen molar-refractivity contribution in [2.24, 2.45) is 0 Å². The lowest BCUT2D eigenvalue weighted by Crippen LogP contribution is -2.41. The van der Waals surface area contributed by atoms with Crippen molar-refractivity contribution in [3.8, 4) is 0 Å². The van der Waals surface area contributed by atoms with E-state index in [1.165, 1.54) is 6.20 Å². The summed E-state index contributed by atoms with van der Waals surface area (Å²) in [4.78, 5) is 28.2. The van der Waals surface area contributed by atoms with Gasteiger partial charge in [0.05, 0.1) is 5.56 Å². The lowest BCUT2D eigenvalue weighted by Gasteiger charge is -2.06. The van der Waals surface area contributed by atoms with Crippen LogP contribution in [0.1, 0.15) is 32.2 Å². The second-order valence-electron chi connectivity index (χ2n) is 5.15. The Hall–Kier alpha value is -3.15. The number of carbonyl (C=O) groups excluding carboxylic acids is 2. The molecule has 2 aromatic heterocycles. The first-order chi connectivity index (χ1) is 11.1. The van der Waals surface area contributed by atoms with Gasteiger partial charge in [0.1, 0.15) is 5.58 Å². The van der Waals surface area contributed by atoms with Gasteiger partial charge < -0.3 is 4.42 Å². The van der Waals surface area contributed by atoms with Crippen molar-refractivity contribution in [2.45, 2.75) is 13.8 Å². The van der Waals surface area contributed by atoms with E-state index in [4.69, 9.17) is 4.42 Å². The first-order valence-electron chi connectivity index (χ1n) is 7.08. The number of hydrogen-bond acceptors (Lipinski definition) is 4. The molecule has 0 saturated carbocycles. The number of amides is 2. The van der Waals surface area contributed by atoms with Crippen LogP contribution < -0.4 is 10.9 Å². The molecule has 0 saturated heterocycles. The highest BCUT2D eigenvalue weighted by molar-refractivity contribution is 6.01. The van der Waals surface area contributed by atoms with E-state index < -0.39 is 11.8 Å². The number of pyridine rings is 1. The summed E-state index contributed by atoms with van der Waals surface area (Å²) in [7, 11) is 0. The van der Waals surface area contributed by atoms with Crippen molar-refractivity contribution in [1.82, 2.24) is 15.8 Å². The van der Waals surface area contributed by atoms with Gasteiger partial charge in [-0.15, -0.1) is 0 Å². The first-order valence-corrected chi connectivity index (χ1v) is 7.08. The molecule has 0 spiro atoms. The molecule has 0 fully saturated rings. The monoisotopic (exact) mass is 309 g/mol. The summed E-state index contributed by atoms with van der Waals surface area (Å²) in [6.07, 6.45) is 1.45. The zero-order valence-electron chi connectivity index (χ0n) is 12.7. The van der Waals surface area contributed by atoms with E-state index in [0.717, 1.165) is 16.6 Å². The number of rotatable bonds is 2. The normalized spacial score (nSPS) is 10.5. The Balaban J connectivity index is 1.72. The molecule has 116 valence electrons. The minimum absolute atomic E-state index is 0.175. The Labute approximate surface area is 132 Å². The number of nitrogens with zero attached hydrogens (tertiary/aromatic N) is 1. The summed E-state index contributed by atoms with van der Waals surface area (Å²) >= 11 is 0. The van der Waals surface area contributed by atoms with E-state index in [-0.39, 0.29) is 5.76 Å². The number of fused-ring (bicyclic) bond motifs is 1. The van der Waals surface area contributed by atoms with Gasteiger partial charge in [-0.2, -0.15) is 0 Å². The lowest BCUT2D eigenvalue weighted by molar-refractivity contribution is 0.0831. The average Bonchev–Trinajstić information content (AvgIpc) is 2.90. The van der Waals surface area contributed by atoms with E-state index in [0.29, 0.717) is 11.1 Å². The number of aromatic nitrogens is 1. The predicted octanol–water partition coefficient (Wildman–Crippen LogP) is 2.52. The fourth-order valence-corrected chi connectivity index (χ4v) is 2.24. The zero-order valence-corrected chi connectivity index (χ0v) is 12.7. The average molecular weight is 309 g/mol. The lowest BCUT2D eigenvalue weighted by atomic mass is 10.1. The van der Waals surface area contributed by atoms with Gasteiger partial charge in [-0.05, 0) is 32.0 Å². The molecule has 2 heterocycles. The van der Waals surface area contributed by atoms with Gasteiger partial charge in [-0.3, -0.25) is 25.4 Å². The molecule has 3 rings (SSSR count). The quantitative estimate of drug-likeness (QED) is 0.712. The van der Waals surface area contributed by atoms with Crippen molar-refractivity contribution in [2.75, 3.05) is 0 Å². The number of furan rings is 1. The van der Waals surface area contributed by atoms with Gasteiger partial charge >= 0.3 is 5.91 Å². The maximum Gasteiger partial charge on any atom is 0.305 e. The van der Waals surface area contributed by atoms with Crippen LogP contribution in [-0.2, 0) is 0 Å². The zero-order chi connectivity index (χ0) is 16.4. The fraction of sp³-hybridized carbons (Fsp3) is 0.118. The molecule has 2 amide bonds. The summed E-state index contributed by atoms with van der Waals surface area (Å²) < 4.78 is 5.54. The molecule has 1 aromatic carbocycles. The van der Waals surface area contributed by atoms with Gasteiger partial charge in [0.2, 0.25) is 0 Å². The molecule has 0 aliphatic carbocycles. The predicted molar refractivity (Wildman–Crippen MR) is 84.9 cm³/mol. The van der Waals surface area contributed by atoms with Crippen molar-refractivity contribution in [3.05, 3.63) is 65.2 Å². The maximum absolute atomic E-state index is 12.2. The first kappa shape index (κ1) is 14.8. The topological polar surface area (TPSA) is 84.2 Å². The molecule has 0 aliphatic rings. The van der Waals surface area contributed by atoms with Crippen LogP contribution >= 0.6 is 0 Å². The van der Waals surface area contributed by atoms with Gasteiger partial charge in [-0.25, -0.2) is 0 Å². The van der Waals surface area contributed by atoms with E-state index in [9.17, 15) is 9.59 Å². The van der Waals surface area contributed by atoms with Gasteiger partial charge in [-0.1, -0.05) is 18.2 Å². The molecule has 6 heteroatoms. The Morgan fingerprint density at radius 2 is 1.74 bits per heavy atom. The number of benzene rings is 1. The molecule has 6 nitrogen and oxygen atoms in total. The highest BCUT2D eigenvalue weighted by Gasteiger charge is 2.18. The van der Waals surface area contributed by atoms with E-state index in [1.807, 2.05) is 25.1 Å². The summed E-state index contributed by atoms with van der Waals surface area (Å²) in [5, 5.41) is 0.867. The maximum atomic E-state index is 12.2. The molecule has 0 unspecified atom stereocenters. The minimum Gasteiger partial charge on any atom is -0.451 e. The van der Waals surface area contributed by atoms with Crippen LogP contribution in [0.5, 0.6) is 0 Å². The number of hydrazine groups is 1. The number of nitrogens with one attached hydrogen (secondary N) is 2. The summed E-state index contributed by atoms with van der Waals surface area (Å²) in [6, 6.07) is 10.7. The molecular weight excluding hydrogens is 294 g/mol. The summed E-state index contributed by atoms with van der Waals surface area (Å²) in [5.74, 6) is -0.778. The fourth-order valence-electron chi connectivity index (χ4n) is 2.24. The highest BCUT2D eigenvalue weighted by Crippen LogP contribution is 2.24. The third-order valence-corrected chi connectivity index (χ3v) is 3.51. The Kier molecular flexibility index (Phi) is 3.80. The van der Waals surface area contributed by atoms with Crippen LogP contribution in [0.15, 0.2) is 47.0 Å². The van der Waals surface area contributed by atoms with E-state index in [2.05, 4.69) is 15.8 Å². The standard InChI is InChI=1S/C17H15N3O3/c1-10-7-8-12(9-18-10)16(21)19-20-17(22)15-11(2)13-5-3-4-6-14(13)23-15/h3-9H,1-2H3,(H,19,21)(H,20,22). The third kappa shape index (κ3) is 2.91. The number of carbonyl (C=O) groups is 2. The molecule has 0 radical (unpaired) electrons. The Morgan fingerprint density at radius 3 is 2.43 bits per heavy atom. The SMILES string of the molecule is Cc1ccc(C(=O)NNC(=O)c2oc3ccccc3c2C)cn1. The van der Waals surface area contributed by atoms with Crippen molar-refractivity contribution < 1.29 is 14.0 Å². The molecular formula is C17H15N3O3. The van der Waals surface area contributed by atoms with Gasteiger partial charge in [0.15, 0.2) is 5.76 Å². The summed E-state index contributed by atoms with van der Waals surface area (Å²) in [6.45, 7) is 3.63. The molecule has 2 N–H and O–H groups in total. The second-order valence-corrected chi connectivity index (χ2v) is 5.15. The van der Waals surface area contributed by atoms with Crippen molar-refractivity contribution in [3.63, 3.8) is 0 Å². The van der Waals surface area contributed by atoms with E-state index in [1.54, 1.807) is 25.1 Å². The molecule has 23 heavy (non-hydrogen) atoms. The second kappa shape index (κ2) is 5.92. The van der Waals surface area contributed by atoms with Crippen LogP contribution in [0.3, 0.4) is 0 Å². The Bertz CT molecular complexity index is 882. The van der Waals surface area contributed by atoms with Crippen LogP contribution in [-0.4, -0.2) is 16.8 Å². The van der Waals surface area contributed by atoms with Gasteiger partial charge in [0, 0.05) is 22.8 Å². The van der Waals surface area contributed by atoms with Crippen LogP contribution in [0, 0.1) is 13.8 Å². The molecule has 3 aromatic rings. The largest absolute Gasteiger partial charge is 0.451 e. The third-order valence-electron chi connectivity index (χ3n) is 3.51. The highest BCUT2D eigenvalue weighted by atomic mass is 16.3. The minimum atomic E-state index is -0.507.